The average Bonchev–Trinajstić information content (AvgIpc) is 2.45. The molecule has 1 N–H and O–H groups in total. The van der Waals surface area contributed by atoms with Crippen LogP contribution < -0.4 is 5.32 Å². The average molecular weight is 333 g/mol. The largest absolute Gasteiger partial charge is 0.465 e. The lowest BCUT2D eigenvalue weighted by molar-refractivity contribution is 0.0600. The van der Waals surface area contributed by atoms with Gasteiger partial charge in [0.2, 0.25) is 10.0 Å². The minimum Gasteiger partial charge on any atom is -0.465 e. The molecule has 2 rings (SSSR count). The van der Waals surface area contributed by atoms with Crippen LogP contribution in [0.3, 0.4) is 0 Å². The van der Waals surface area contributed by atoms with Gasteiger partial charge in [0.1, 0.15) is 0 Å². The molecule has 1 aromatic rings. The number of carbonyl (C=O) groups is 1. The van der Waals surface area contributed by atoms with Crippen molar-refractivity contribution >= 4 is 27.6 Å². The number of benzene rings is 1. The van der Waals surface area contributed by atoms with Gasteiger partial charge < -0.3 is 10.1 Å². The summed E-state index contributed by atoms with van der Waals surface area (Å²) >= 11 is 5.92. The topological polar surface area (TPSA) is 75.7 Å². The summed E-state index contributed by atoms with van der Waals surface area (Å²) < 4.78 is 31.3. The molecule has 0 saturated carbocycles. The number of rotatable bonds is 3. The molecular formula is C13H17ClN2O4S. The number of esters is 1. The monoisotopic (exact) mass is 332 g/mol. The number of halogens is 1. The van der Waals surface area contributed by atoms with E-state index in [9.17, 15) is 13.2 Å². The second-order valence-corrected chi connectivity index (χ2v) is 7.26. The Morgan fingerprint density at radius 2 is 2.14 bits per heavy atom. The van der Waals surface area contributed by atoms with Crippen molar-refractivity contribution in [3.8, 4) is 0 Å². The highest BCUT2D eigenvalue weighted by molar-refractivity contribution is 7.89. The van der Waals surface area contributed by atoms with Crippen molar-refractivity contribution < 1.29 is 17.9 Å². The quantitative estimate of drug-likeness (QED) is 0.839. The molecule has 0 amide bonds. The number of ether oxygens (including phenoxy) is 1. The maximum Gasteiger partial charge on any atom is 0.337 e. The van der Waals surface area contributed by atoms with Crippen molar-refractivity contribution in [2.24, 2.45) is 0 Å². The molecule has 6 nitrogen and oxygen atoms in total. The second kappa shape index (κ2) is 6.31. The molecule has 1 heterocycles. The highest BCUT2D eigenvalue weighted by Crippen LogP contribution is 2.23. The van der Waals surface area contributed by atoms with Gasteiger partial charge in [0.05, 0.1) is 17.6 Å². The van der Waals surface area contributed by atoms with E-state index < -0.39 is 16.0 Å². The van der Waals surface area contributed by atoms with Crippen molar-refractivity contribution in [1.82, 2.24) is 9.62 Å². The van der Waals surface area contributed by atoms with E-state index in [0.717, 1.165) is 0 Å². The first-order valence-electron chi connectivity index (χ1n) is 6.47. The van der Waals surface area contributed by atoms with Gasteiger partial charge in [-0.15, -0.1) is 0 Å². The Hall–Kier alpha value is -1.15. The van der Waals surface area contributed by atoms with Gasteiger partial charge in [-0.1, -0.05) is 11.6 Å². The molecular weight excluding hydrogens is 316 g/mol. The number of nitrogens with zero attached hydrogens (tertiary/aromatic N) is 1. The zero-order valence-electron chi connectivity index (χ0n) is 11.8. The zero-order chi connectivity index (χ0) is 15.6. The molecule has 0 radical (unpaired) electrons. The Balaban J connectivity index is 2.40. The molecule has 1 aliphatic rings. The maximum atomic E-state index is 12.6. The molecule has 1 saturated heterocycles. The van der Waals surface area contributed by atoms with Crippen molar-refractivity contribution in [1.29, 1.82) is 0 Å². The third-order valence-electron chi connectivity index (χ3n) is 3.26. The summed E-state index contributed by atoms with van der Waals surface area (Å²) in [4.78, 5) is 11.6. The molecule has 8 heteroatoms. The van der Waals surface area contributed by atoms with Crippen LogP contribution in [0, 0.1) is 0 Å². The standard InChI is InChI=1S/C13H17ClN2O4S/c1-9-8-16(4-3-15-9)21(18,19)12-6-10(13(17)20-2)5-11(14)7-12/h5-7,9,15H,3-4,8H2,1-2H3. The number of piperazine rings is 1. The molecule has 0 aliphatic carbocycles. The van der Waals surface area contributed by atoms with E-state index in [-0.39, 0.29) is 21.5 Å². The Bertz CT molecular complexity index is 648. The van der Waals surface area contributed by atoms with E-state index in [1.807, 2.05) is 6.92 Å². The third-order valence-corrected chi connectivity index (χ3v) is 5.32. The smallest absolute Gasteiger partial charge is 0.337 e. The second-order valence-electron chi connectivity index (χ2n) is 4.89. The van der Waals surface area contributed by atoms with Gasteiger partial charge in [0, 0.05) is 30.7 Å². The summed E-state index contributed by atoms with van der Waals surface area (Å²) in [6, 6.07) is 4.09. The molecule has 116 valence electrons. The lowest BCUT2D eigenvalue weighted by Crippen LogP contribution is -2.51. The van der Waals surface area contributed by atoms with Crippen LogP contribution >= 0.6 is 11.6 Å². The SMILES string of the molecule is COC(=O)c1cc(Cl)cc(S(=O)(=O)N2CCNC(C)C2)c1. The predicted molar refractivity (Wildman–Crippen MR) is 79.0 cm³/mol. The van der Waals surface area contributed by atoms with Crippen LogP contribution in [0.2, 0.25) is 5.02 Å². The molecule has 1 unspecified atom stereocenters. The van der Waals surface area contributed by atoms with E-state index in [2.05, 4.69) is 10.1 Å². The molecule has 0 bridgehead atoms. The fourth-order valence-electron chi connectivity index (χ4n) is 2.21. The normalized spacial score (nSPS) is 20.2. The van der Waals surface area contributed by atoms with Crippen LogP contribution in [0.25, 0.3) is 0 Å². The van der Waals surface area contributed by atoms with Gasteiger partial charge in [-0.05, 0) is 25.1 Å². The minimum absolute atomic E-state index is 0.00417. The molecule has 1 aliphatic heterocycles. The van der Waals surface area contributed by atoms with Crippen LogP contribution in [0.1, 0.15) is 17.3 Å². The molecule has 1 fully saturated rings. The van der Waals surface area contributed by atoms with Crippen LogP contribution in [-0.2, 0) is 14.8 Å². The number of carbonyl (C=O) groups excluding carboxylic acids is 1. The van der Waals surface area contributed by atoms with Crippen LogP contribution in [0.5, 0.6) is 0 Å². The van der Waals surface area contributed by atoms with E-state index in [0.29, 0.717) is 19.6 Å². The highest BCUT2D eigenvalue weighted by Gasteiger charge is 2.29. The maximum absolute atomic E-state index is 12.6. The first-order chi connectivity index (χ1) is 9.84. The Labute approximate surface area is 129 Å². The van der Waals surface area contributed by atoms with Crippen LogP contribution in [0.4, 0.5) is 0 Å². The van der Waals surface area contributed by atoms with E-state index in [4.69, 9.17) is 11.6 Å². The number of methoxy groups -OCH3 is 1. The van der Waals surface area contributed by atoms with Gasteiger partial charge in [-0.3, -0.25) is 0 Å². The summed E-state index contributed by atoms with van der Waals surface area (Å²) in [5.74, 6) is -0.623. The number of hydrogen-bond donors (Lipinski definition) is 1. The van der Waals surface area contributed by atoms with Crippen molar-refractivity contribution in [3.63, 3.8) is 0 Å². The molecule has 1 aromatic carbocycles. The lowest BCUT2D eigenvalue weighted by atomic mass is 10.2. The minimum atomic E-state index is -3.68. The van der Waals surface area contributed by atoms with Gasteiger partial charge in [-0.25, -0.2) is 13.2 Å². The molecule has 21 heavy (non-hydrogen) atoms. The van der Waals surface area contributed by atoms with Crippen LogP contribution in [0.15, 0.2) is 23.1 Å². The highest BCUT2D eigenvalue weighted by atomic mass is 35.5. The molecule has 0 aromatic heterocycles. The lowest BCUT2D eigenvalue weighted by Gasteiger charge is -2.31. The summed E-state index contributed by atoms with van der Waals surface area (Å²) in [7, 11) is -2.45. The fraction of sp³-hybridized carbons (Fsp3) is 0.462. The van der Waals surface area contributed by atoms with E-state index in [1.54, 1.807) is 0 Å². The van der Waals surface area contributed by atoms with E-state index in [1.165, 1.54) is 29.6 Å². The predicted octanol–water partition coefficient (Wildman–Crippen LogP) is 1.11. The summed E-state index contributed by atoms with van der Waals surface area (Å²) in [5, 5.41) is 3.36. The third kappa shape index (κ3) is 3.55. The van der Waals surface area contributed by atoms with Gasteiger partial charge >= 0.3 is 5.97 Å². The first kappa shape index (κ1) is 16.2. The Morgan fingerprint density at radius 1 is 1.43 bits per heavy atom. The zero-order valence-corrected chi connectivity index (χ0v) is 13.4. The van der Waals surface area contributed by atoms with Crippen LogP contribution in [-0.4, -0.2) is 51.5 Å². The first-order valence-corrected chi connectivity index (χ1v) is 8.29. The van der Waals surface area contributed by atoms with Crippen molar-refractivity contribution in [2.45, 2.75) is 17.9 Å². The molecule has 0 spiro atoms. The van der Waals surface area contributed by atoms with Gasteiger partial charge in [-0.2, -0.15) is 4.31 Å². The number of sulfonamides is 1. The van der Waals surface area contributed by atoms with Crippen molar-refractivity contribution in [3.05, 3.63) is 28.8 Å². The van der Waals surface area contributed by atoms with E-state index >= 15 is 0 Å². The fourth-order valence-corrected chi connectivity index (χ4v) is 4.11. The number of nitrogens with one attached hydrogen (secondary N) is 1. The Morgan fingerprint density at radius 3 is 2.76 bits per heavy atom. The Kier molecular flexibility index (Phi) is 4.88. The number of hydrogen-bond acceptors (Lipinski definition) is 5. The van der Waals surface area contributed by atoms with Crippen molar-refractivity contribution in [2.75, 3.05) is 26.7 Å². The summed E-state index contributed by atoms with van der Waals surface area (Å²) in [6.45, 7) is 3.26. The van der Waals surface area contributed by atoms with Gasteiger partial charge in [0.25, 0.3) is 0 Å². The summed E-state index contributed by atoms with van der Waals surface area (Å²) in [5.41, 5.74) is 0.117. The summed E-state index contributed by atoms with van der Waals surface area (Å²) in [6.07, 6.45) is 0. The van der Waals surface area contributed by atoms with Gasteiger partial charge in [0.15, 0.2) is 0 Å². The molecule has 1 atom stereocenters.